The van der Waals surface area contributed by atoms with E-state index in [1.165, 1.54) is 0 Å². The van der Waals surface area contributed by atoms with E-state index < -0.39 is 0 Å². The first-order valence-electron chi connectivity index (χ1n) is 7.62. The second-order valence-corrected chi connectivity index (χ2v) is 6.47. The van der Waals surface area contributed by atoms with E-state index in [1.54, 1.807) is 30.0 Å². The highest BCUT2D eigenvalue weighted by Gasteiger charge is 2.22. The molecular weight excluding hydrogens is 372 g/mol. The van der Waals surface area contributed by atoms with Crippen molar-refractivity contribution in [3.05, 3.63) is 52.5 Å². The zero-order chi connectivity index (χ0) is 17.1. The van der Waals surface area contributed by atoms with Gasteiger partial charge in [0.15, 0.2) is 6.61 Å². The minimum absolute atomic E-state index is 0.0351. The van der Waals surface area contributed by atoms with E-state index >= 15 is 0 Å². The fourth-order valence-corrected chi connectivity index (χ4v) is 3.09. The molecule has 6 heteroatoms. The predicted molar refractivity (Wildman–Crippen MR) is 96.4 cm³/mol. The Morgan fingerprint density at radius 2 is 2.08 bits per heavy atom. The molecule has 0 radical (unpaired) electrons. The highest BCUT2D eigenvalue weighted by molar-refractivity contribution is 9.10. The number of hydrogen-bond acceptors (Lipinski definition) is 3. The minimum atomic E-state index is -0.226. The molecule has 0 aromatic heterocycles. The number of halogens is 1. The van der Waals surface area contributed by atoms with E-state index in [9.17, 15) is 9.59 Å². The number of ether oxygens (including phenoxy) is 1. The Hall–Kier alpha value is -2.34. The van der Waals surface area contributed by atoms with Gasteiger partial charge in [0.2, 0.25) is 5.91 Å². The number of carbonyl (C=O) groups is 2. The van der Waals surface area contributed by atoms with Gasteiger partial charge >= 0.3 is 0 Å². The first-order valence-corrected chi connectivity index (χ1v) is 8.41. The van der Waals surface area contributed by atoms with Crippen LogP contribution in [0.25, 0.3) is 0 Å². The monoisotopic (exact) mass is 388 g/mol. The molecule has 0 spiro atoms. The SMILES string of the molecule is CC(=O)N1CCc2cc(NC(=O)COc3cccc(Br)c3)ccc21. The summed E-state index contributed by atoms with van der Waals surface area (Å²) in [6.45, 7) is 2.19. The third-order valence-corrected chi connectivity index (χ3v) is 4.30. The highest BCUT2D eigenvalue weighted by atomic mass is 79.9. The van der Waals surface area contributed by atoms with Crippen LogP contribution in [0.3, 0.4) is 0 Å². The van der Waals surface area contributed by atoms with Crippen LogP contribution in [0.4, 0.5) is 11.4 Å². The van der Waals surface area contributed by atoms with Crippen LogP contribution in [0, 0.1) is 0 Å². The third kappa shape index (κ3) is 3.76. The highest BCUT2D eigenvalue weighted by Crippen LogP contribution is 2.30. The number of carbonyl (C=O) groups excluding carboxylic acids is 2. The number of amides is 2. The zero-order valence-corrected chi connectivity index (χ0v) is 14.8. The van der Waals surface area contributed by atoms with Gasteiger partial charge in [-0.2, -0.15) is 0 Å². The van der Waals surface area contributed by atoms with Crippen LogP contribution in [0.5, 0.6) is 5.75 Å². The van der Waals surface area contributed by atoms with E-state index in [0.29, 0.717) is 18.0 Å². The lowest BCUT2D eigenvalue weighted by molar-refractivity contribution is -0.118. The van der Waals surface area contributed by atoms with Crippen LogP contribution >= 0.6 is 15.9 Å². The van der Waals surface area contributed by atoms with E-state index in [1.807, 2.05) is 24.3 Å². The molecule has 2 aromatic carbocycles. The molecule has 124 valence electrons. The molecular formula is C18H17BrN2O3. The Morgan fingerprint density at radius 3 is 2.83 bits per heavy atom. The molecule has 1 heterocycles. The molecule has 0 saturated heterocycles. The Kier molecular flexibility index (Phi) is 4.85. The van der Waals surface area contributed by atoms with E-state index in [4.69, 9.17) is 4.74 Å². The summed E-state index contributed by atoms with van der Waals surface area (Å²) in [7, 11) is 0. The lowest BCUT2D eigenvalue weighted by Crippen LogP contribution is -2.25. The zero-order valence-electron chi connectivity index (χ0n) is 13.2. The summed E-state index contributed by atoms with van der Waals surface area (Å²) in [5, 5.41) is 2.82. The second-order valence-electron chi connectivity index (χ2n) is 5.56. The fraction of sp³-hybridized carbons (Fsp3) is 0.222. The lowest BCUT2D eigenvalue weighted by atomic mass is 10.1. The number of benzene rings is 2. The smallest absolute Gasteiger partial charge is 0.262 e. The maximum absolute atomic E-state index is 12.0. The van der Waals surface area contributed by atoms with Gasteiger partial charge in [0, 0.05) is 29.3 Å². The van der Waals surface area contributed by atoms with Gasteiger partial charge in [-0.1, -0.05) is 22.0 Å². The minimum Gasteiger partial charge on any atom is -0.484 e. The van der Waals surface area contributed by atoms with E-state index in [-0.39, 0.29) is 18.4 Å². The predicted octanol–water partition coefficient (Wildman–Crippen LogP) is 3.38. The van der Waals surface area contributed by atoms with Crippen molar-refractivity contribution in [2.45, 2.75) is 13.3 Å². The summed E-state index contributed by atoms with van der Waals surface area (Å²) < 4.78 is 6.36. The quantitative estimate of drug-likeness (QED) is 0.873. The largest absolute Gasteiger partial charge is 0.484 e. The average Bonchev–Trinajstić information content (AvgIpc) is 2.96. The molecule has 1 aliphatic rings. The fourth-order valence-electron chi connectivity index (χ4n) is 2.71. The molecule has 0 saturated carbocycles. The van der Waals surface area contributed by atoms with Gasteiger partial charge in [0.25, 0.3) is 5.91 Å². The molecule has 0 bridgehead atoms. The van der Waals surface area contributed by atoms with Gasteiger partial charge in [-0.3, -0.25) is 9.59 Å². The van der Waals surface area contributed by atoms with Crippen LogP contribution < -0.4 is 15.0 Å². The van der Waals surface area contributed by atoms with Crippen molar-refractivity contribution in [2.24, 2.45) is 0 Å². The van der Waals surface area contributed by atoms with Gasteiger partial charge in [-0.15, -0.1) is 0 Å². The molecule has 3 rings (SSSR count). The van der Waals surface area contributed by atoms with Crippen molar-refractivity contribution in [1.82, 2.24) is 0 Å². The summed E-state index contributed by atoms with van der Waals surface area (Å²) in [5.41, 5.74) is 2.70. The summed E-state index contributed by atoms with van der Waals surface area (Å²) in [5.74, 6) is 0.440. The van der Waals surface area contributed by atoms with Gasteiger partial charge in [-0.05, 0) is 48.4 Å². The Labute approximate surface area is 148 Å². The van der Waals surface area contributed by atoms with Crippen LogP contribution in [-0.4, -0.2) is 25.0 Å². The second kappa shape index (κ2) is 7.05. The van der Waals surface area contributed by atoms with Crippen molar-refractivity contribution in [1.29, 1.82) is 0 Å². The molecule has 0 unspecified atom stereocenters. The summed E-state index contributed by atoms with van der Waals surface area (Å²) in [6.07, 6.45) is 0.799. The van der Waals surface area contributed by atoms with Crippen molar-refractivity contribution >= 4 is 39.1 Å². The summed E-state index contributed by atoms with van der Waals surface area (Å²) in [6, 6.07) is 12.9. The molecule has 2 amide bonds. The molecule has 2 aromatic rings. The first kappa shape index (κ1) is 16.5. The molecule has 1 aliphatic heterocycles. The molecule has 24 heavy (non-hydrogen) atoms. The number of nitrogens with one attached hydrogen (secondary N) is 1. The molecule has 5 nitrogen and oxygen atoms in total. The number of anilines is 2. The van der Waals surface area contributed by atoms with Gasteiger partial charge in [0.05, 0.1) is 0 Å². The van der Waals surface area contributed by atoms with Crippen molar-refractivity contribution in [3.63, 3.8) is 0 Å². The van der Waals surface area contributed by atoms with E-state index in [2.05, 4.69) is 21.2 Å². The van der Waals surface area contributed by atoms with Crippen molar-refractivity contribution in [3.8, 4) is 5.75 Å². The number of rotatable bonds is 4. The maximum Gasteiger partial charge on any atom is 0.262 e. The average molecular weight is 389 g/mol. The van der Waals surface area contributed by atoms with Crippen LogP contribution in [-0.2, 0) is 16.0 Å². The molecule has 0 fully saturated rings. The Morgan fingerprint density at radius 1 is 1.25 bits per heavy atom. The van der Waals surface area contributed by atoms with Crippen molar-refractivity contribution in [2.75, 3.05) is 23.4 Å². The Balaban J connectivity index is 1.60. The van der Waals surface area contributed by atoms with E-state index in [0.717, 1.165) is 22.1 Å². The normalized spacial score (nSPS) is 12.7. The van der Waals surface area contributed by atoms with Crippen LogP contribution in [0.1, 0.15) is 12.5 Å². The number of hydrogen-bond donors (Lipinski definition) is 1. The lowest BCUT2D eigenvalue weighted by Gasteiger charge is -2.15. The van der Waals surface area contributed by atoms with Gasteiger partial charge in [-0.25, -0.2) is 0 Å². The molecule has 0 atom stereocenters. The maximum atomic E-state index is 12.0. The third-order valence-electron chi connectivity index (χ3n) is 3.80. The van der Waals surface area contributed by atoms with Crippen molar-refractivity contribution < 1.29 is 14.3 Å². The van der Waals surface area contributed by atoms with Gasteiger partial charge in [0.1, 0.15) is 5.75 Å². The topological polar surface area (TPSA) is 58.6 Å². The number of nitrogens with zero attached hydrogens (tertiary/aromatic N) is 1. The Bertz CT molecular complexity index is 792. The number of fused-ring (bicyclic) bond motifs is 1. The first-order chi connectivity index (χ1) is 11.5. The van der Waals surface area contributed by atoms with Crippen LogP contribution in [0.2, 0.25) is 0 Å². The van der Waals surface area contributed by atoms with Crippen LogP contribution in [0.15, 0.2) is 46.9 Å². The molecule has 0 aliphatic carbocycles. The summed E-state index contributed by atoms with van der Waals surface area (Å²) in [4.78, 5) is 25.3. The van der Waals surface area contributed by atoms with Gasteiger partial charge < -0.3 is 15.0 Å². The molecule has 1 N–H and O–H groups in total. The summed E-state index contributed by atoms with van der Waals surface area (Å²) >= 11 is 3.36. The standard InChI is InChI=1S/C18H17BrN2O3/c1-12(22)21-8-7-13-9-15(5-6-17(13)21)20-18(23)11-24-16-4-2-3-14(19)10-16/h2-6,9-10H,7-8,11H2,1H3,(H,20,23).